The third-order valence-electron chi connectivity index (χ3n) is 3.40. The molecule has 2 aromatic rings. The zero-order valence-corrected chi connectivity index (χ0v) is 11.5. The average molecular weight is 275 g/mol. The Kier molecular flexibility index (Phi) is 3.74. The van der Waals surface area contributed by atoms with E-state index in [-0.39, 0.29) is 5.82 Å². The highest BCUT2D eigenvalue weighted by molar-refractivity contribution is 5.25. The second-order valence-electron chi connectivity index (χ2n) is 5.20. The Morgan fingerprint density at radius 3 is 2.95 bits per heavy atom. The van der Waals surface area contributed by atoms with E-state index in [1.165, 1.54) is 25.0 Å². The predicted octanol–water partition coefficient (Wildman–Crippen LogP) is 3.56. The molecule has 0 bridgehead atoms. The molecule has 1 aromatic carbocycles. The van der Waals surface area contributed by atoms with E-state index >= 15 is 0 Å². The minimum atomic E-state index is -0.291. The standard InChI is InChI=1S/C16H18FNO2/c1-11-12(7-16(20-11)9-18-14-5-6-14)10-19-15-4-2-3-13(17)8-15/h2-4,7-8,14,18H,5-6,9-10H2,1H3. The average Bonchev–Trinajstić information content (AvgIpc) is 3.18. The van der Waals surface area contributed by atoms with Crippen LogP contribution >= 0.6 is 0 Å². The van der Waals surface area contributed by atoms with E-state index in [0.717, 1.165) is 23.6 Å². The van der Waals surface area contributed by atoms with Gasteiger partial charge in [0, 0.05) is 17.7 Å². The predicted molar refractivity (Wildman–Crippen MR) is 74.0 cm³/mol. The van der Waals surface area contributed by atoms with E-state index in [1.807, 2.05) is 13.0 Å². The molecule has 0 amide bonds. The molecule has 3 rings (SSSR count). The monoisotopic (exact) mass is 275 g/mol. The third-order valence-corrected chi connectivity index (χ3v) is 3.40. The maximum Gasteiger partial charge on any atom is 0.126 e. The number of aryl methyl sites for hydroxylation is 1. The summed E-state index contributed by atoms with van der Waals surface area (Å²) in [6, 6.07) is 8.82. The fourth-order valence-corrected chi connectivity index (χ4v) is 2.07. The number of nitrogens with one attached hydrogen (secondary N) is 1. The minimum Gasteiger partial charge on any atom is -0.489 e. The van der Waals surface area contributed by atoms with Gasteiger partial charge in [0.05, 0.1) is 6.54 Å². The first-order valence-electron chi connectivity index (χ1n) is 6.90. The largest absolute Gasteiger partial charge is 0.489 e. The summed E-state index contributed by atoms with van der Waals surface area (Å²) in [6.07, 6.45) is 2.52. The van der Waals surface area contributed by atoms with Crippen LogP contribution in [0.3, 0.4) is 0 Å². The van der Waals surface area contributed by atoms with Gasteiger partial charge in [0.1, 0.15) is 29.7 Å². The van der Waals surface area contributed by atoms with E-state index < -0.39 is 0 Å². The SMILES string of the molecule is Cc1oc(CNC2CC2)cc1COc1cccc(F)c1. The van der Waals surface area contributed by atoms with Gasteiger partial charge in [0.2, 0.25) is 0 Å². The van der Waals surface area contributed by atoms with Gasteiger partial charge < -0.3 is 14.5 Å². The first-order chi connectivity index (χ1) is 9.70. The van der Waals surface area contributed by atoms with Gasteiger partial charge in [-0.2, -0.15) is 0 Å². The Hall–Kier alpha value is -1.81. The van der Waals surface area contributed by atoms with Gasteiger partial charge in [0.25, 0.3) is 0 Å². The first-order valence-corrected chi connectivity index (χ1v) is 6.90. The molecule has 1 aromatic heterocycles. The van der Waals surface area contributed by atoms with Gasteiger partial charge in [-0.3, -0.25) is 0 Å². The zero-order valence-electron chi connectivity index (χ0n) is 11.5. The van der Waals surface area contributed by atoms with Crippen molar-refractivity contribution in [1.82, 2.24) is 5.32 Å². The highest BCUT2D eigenvalue weighted by Crippen LogP contribution is 2.22. The molecule has 0 atom stereocenters. The van der Waals surface area contributed by atoms with Gasteiger partial charge in [-0.25, -0.2) is 4.39 Å². The molecule has 0 saturated heterocycles. The number of ether oxygens (including phenoxy) is 1. The second-order valence-corrected chi connectivity index (χ2v) is 5.20. The third kappa shape index (κ3) is 3.39. The smallest absolute Gasteiger partial charge is 0.126 e. The van der Waals surface area contributed by atoms with Crippen LogP contribution in [0.1, 0.15) is 29.9 Å². The van der Waals surface area contributed by atoms with Crippen LogP contribution in [0.4, 0.5) is 4.39 Å². The number of halogens is 1. The van der Waals surface area contributed by atoms with Crippen LogP contribution in [0.5, 0.6) is 5.75 Å². The van der Waals surface area contributed by atoms with E-state index in [1.54, 1.807) is 12.1 Å². The van der Waals surface area contributed by atoms with Crippen molar-refractivity contribution in [1.29, 1.82) is 0 Å². The van der Waals surface area contributed by atoms with Crippen molar-refractivity contribution in [2.75, 3.05) is 0 Å². The molecule has 106 valence electrons. The maximum atomic E-state index is 13.1. The molecule has 1 heterocycles. The van der Waals surface area contributed by atoms with Crippen LogP contribution in [0.2, 0.25) is 0 Å². The molecule has 0 spiro atoms. The van der Waals surface area contributed by atoms with E-state index in [2.05, 4.69) is 5.32 Å². The van der Waals surface area contributed by atoms with Crippen molar-refractivity contribution >= 4 is 0 Å². The lowest BCUT2D eigenvalue weighted by molar-refractivity contribution is 0.301. The molecule has 0 radical (unpaired) electrons. The molecule has 1 N–H and O–H groups in total. The summed E-state index contributed by atoms with van der Waals surface area (Å²) < 4.78 is 24.3. The van der Waals surface area contributed by atoms with Gasteiger partial charge >= 0.3 is 0 Å². The Morgan fingerprint density at radius 1 is 1.35 bits per heavy atom. The van der Waals surface area contributed by atoms with Crippen LogP contribution in [-0.4, -0.2) is 6.04 Å². The fraction of sp³-hybridized carbons (Fsp3) is 0.375. The molecular formula is C16H18FNO2. The molecule has 3 nitrogen and oxygen atoms in total. The molecular weight excluding hydrogens is 257 g/mol. The van der Waals surface area contributed by atoms with Crippen molar-refractivity contribution in [3.05, 3.63) is 53.2 Å². The number of furan rings is 1. The minimum absolute atomic E-state index is 0.291. The quantitative estimate of drug-likeness (QED) is 0.875. The molecule has 1 fully saturated rings. The van der Waals surface area contributed by atoms with Crippen LogP contribution < -0.4 is 10.1 Å². The summed E-state index contributed by atoms with van der Waals surface area (Å²) >= 11 is 0. The molecule has 1 aliphatic carbocycles. The van der Waals surface area contributed by atoms with Gasteiger partial charge in [-0.1, -0.05) is 6.07 Å². The number of rotatable bonds is 6. The topological polar surface area (TPSA) is 34.4 Å². The molecule has 4 heteroatoms. The van der Waals surface area contributed by atoms with E-state index in [0.29, 0.717) is 18.4 Å². The highest BCUT2D eigenvalue weighted by Gasteiger charge is 2.20. The molecule has 1 saturated carbocycles. The summed E-state index contributed by atoms with van der Waals surface area (Å²) in [5, 5.41) is 3.41. The normalized spacial score (nSPS) is 14.5. The molecule has 0 unspecified atom stereocenters. The van der Waals surface area contributed by atoms with Crippen molar-refractivity contribution in [2.24, 2.45) is 0 Å². The van der Waals surface area contributed by atoms with Crippen LogP contribution in [0.25, 0.3) is 0 Å². The zero-order chi connectivity index (χ0) is 13.9. The van der Waals surface area contributed by atoms with Gasteiger partial charge in [-0.15, -0.1) is 0 Å². The number of benzene rings is 1. The fourth-order valence-electron chi connectivity index (χ4n) is 2.07. The second kappa shape index (κ2) is 5.67. The summed E-state index contributed by atoms with van der Waals surface area (Å²) in [5.41, 5.74) is 1.00. The van der Waals surface area contributed by atoms with E-state index in [4.69, 9.17) is 9.15 Å². The molecule has 1 aliphatic rings. The lowest BCUT2D eigenvalue weighted by Gasteiger charge is -2.04. The van der Waals surface area contributed by atoms with Crippen molar-refractivity contribution in [2.45, 2.75) is 39.0 Å². The lowest BCUT2D eigenvalue weighted by atomic mass is 10.2. The van der Waals surface area contributed by atoms with Gasteiger partial charge in [-0.05, 0) is 38.0 Å². The van der Waals surface area contributed by atoms with Crippen LogP contribution in [-0.2, 0) is 13.2 Å². The Bertz CT molecular complexity index is 590. The van der Waals surface area contributed by atoms with Crippen LogP contribution in [0, 0.1) is 12.7 Å². The summed E-state index contributed by atoms with van der Waals surface area (Å²) in [5.74, 6) is 2.02. The van der Waals surface area contributed by atoms with Crippen LogP contribution in [0.15, 0.2) is 34.7 Å². The molecule has 0 aliphatic heterocycles. The van der Waals surface area contributed by atoms with E-state index in [9.17, 15) is 4.39 Å². The van der Waals surface area contributed by atoms with Crippen molar-refractivity contribution in [3.8, 4) is 5.75 Å². The summed E-state index contributed by atoms with van der Waals surface area (Å²) in [6.45, 7) is 3.07. The van der Waals surface area contributed by atoms with Gasteiger partial charge in [0.15, 0.2) is 0 Å². The van der Waals surface area contributed by atoms with Crippen molar-refractivity contribution < 1.29 is 13.5 Å². The highest BCUT2D eigenvalue weighted by atomic mass is 19.1. The lowest BCUT2D eigenvalue weighted by Crippen LogP contribution is -2.14. The summed E-state index contributed by atoms with van der Waals surface area (Å²) in [4.78, 5) is 0. The summed E-state index contributed by atoms with van der Waals surface area (Å²) in [7, 11) is 0. The maximum absolute atomic E-state index is 13.1. The van der Waals surface area contributed by atoms with Crippen molar-refractivity contribution in [3.63, 3.8) is 0 Å². The Labute approximate surface area is 117 Å². The Balaban J connectivity index is 1.58. The molecule has 20 heavy (non-hydrogen) atoms. The Morgan fingerprint density at radius 2 is 2.20 bits per heavy atom. The number of hydrogen-bond acceptors (Lipinski definition) is 3. The number of hydrogen-bond donors (Lipinski definition) is 1. The first kappa shape index (κ1) is 13.2.